The first-order valence-corrected chi connectivity index (χ1v) is 9.41. The summed E-state index contributed by atoms with van der Waals surface area (Å²) in [4.78, 5) is 27.1. The number of nitrogens with zero attached hydrogens (tertiary/aromatic N) is 2. The zero-order valence-electron chi connectivity index (χ0n) is 14.2. The minimum absolute atomic E-state index is 0.216. The van der Waals surface area contributed by atoms with E-state index >= 15 is 0 Å². The van der Waals surface area contributed by atoms with Gasteiger partial charge in [0.15, 0.2) is 0 Å². The van der Waals surface area contributed by atoms with Crippen molar-refractivity contribution in [2.75, 3.05) is 0 Å². The highest BCUT2D eigenvalue weighted by Gasteiger charge is 2.13. The van der Waals surface area contributed by atoms with Gasteiger partial charge in [-0.1, -0.05) is 48.5 Å². The summed E-state index contributed by atoms with van der Waals surface area (Å²) in [5.74, 6) is 0. The lowest BCUT2D eigenvalue weighted by molar-refractivity contribution is 0.592. The molecule has 0 aliphatic rings. The number of para-hydroxylation sites is 1. The number of hydrogen-bond donors (Lipinski definition) is 0. The molecule has 4 rings (SSSR count). The highest BCUT2D eigenvalue weighted by molar-refractivity contribution is 7.09. The third kappa shape index (κ3) is 3.13. The second-order valence-electron chi connectivity index (χ2n) is 6.16. The first-order valence-electron chi connectivity index (χ1n) is 8.53. The van der Waals surface area contributed by atoms with Crippen molar-refractivity contribution in [3.8, 4) is 0 Å². The van der Waals surface area contributed by atoms with Gasteiger partial charge in [0, 0.05) is 11.4 Å². The van der Waals surface area contributed by atoms with E-state index in [1.54, 1.807) is 22.0 Å². The third-order valence-electron chi connectivity index (χ3n) is 4.48. The Bertz CT molecular complexity index is 1140. The van der Waals surface area contributed by atoms with E-state index in [4.69, 9.17) is 0 Å². The maximum absolute atomic E-state index is 13.1. The predicted molar refractivity (Wildman–Crippen MR) is 106 cm³/mol. The Hall–Kier alpha value is -2.92. The molecule has 0 aliphatic heterocycles. The second kappa shape index (κ2) is 7.14. The highest BCUT2D eigenvalue weighted by atomic mass is 32.1. The molecule has 26 heavy (non-hydrogen) atoms. The van der Waals surface area contributed by atoms with Gasteiger partial charge in [-0.15, -0.1) is 11.3 Å². The fourth-order valence-electron chi connectivity index (χ4n) is 3.16. The van der Waals surface area contributed by atoms with Crippen LogP contribution in [0.1, 0.15) is 10.4 Å². The number of aryl methyl sites for hydroxylation is 1. The molecule has 0 N–H and O–H groups in total. The number of thiophene rings is 1. The van der Waals surface area contributed by atoms with Crippen LogP contribution in [-0.2, 0) is 19.5 Å². The lowest BCUT2D eigenvalue weighted by atomic mass is 10.2. The molecule has 0 atom stereocenters. The fourth-order valence-corrected chi connectivity index (χ4v) is 3.86. The molecule has 4 aromatic rings. The number of hydrogen-bond acceptors (Lipinski definition) is 3. The first-order chi connectivity index (χ1) is 12.7. The summed E-state index contributed by atoms with van der Waals surface area (Å²) in [7, 11) is 0. The molecular formula is C21H18N2O2S. The molecule has 0 fully saturated rings. The van der Waals surface area contributed by atoms with E-state index in [0.29, 0.717) is 30.4 Å². The average molecular weight is 362 g/mol. The fraction of sp³-hybridized carbons (Fsp3) is 0.143. The highest BCUT2D eigenvalue weighted by Crippen LogP contribution is 2.12. The van der Waals surface area contributed by atoms with Gasteiger partial charge in [-0.3, -0.25) is 13.9 Å². The Morgan fingerprint density at radius 3 is 2.35 bits per heavy atom. The van der Waals surface area contributed by atoms with Crippen molar-refractivity contribution in [3.63, 3.8) is 0 Å². The Morgan fingerprint density at radius 2 is 1.58 bits per heavy atom. The van der Waals surface area contributed by atoms with Crippen LogP contribution in [0.25, 0.3) is 10.9 Å². The van der Waals surface area contributed by atoms with Crippen molar-refractivity contribution in [2.45, 2.75) is 19.5 Å². The zero-order valence-corrected chi connectivity index (χ0v) is 15.0. The van der Waals surface area contributed by atoms with Crippen LogP contribution >= 0.6 is 11.3 Å². The number of aromatic nitrogens is 2. The summed E-state index contributed by atoms with van der Waals surface area (Å²) in [6.07, 6.45) is 0.677. The molecule has 0 saturated carbocycles. The zero-order chi connectivity index (χ0) is 17.9. The molecule has 0 unspecified atom stereocenters. The lowest BCUT2D eigenvalue weighted by Gasteiger charge is -2.14. The summed E-state index contributed by atoms with van der Waals surface area (Å²) in [5.41, 5.74) is 1.24. The summed E-state index contributed by atoms with van der Waals surface area (Å²) in [6, 6.07) is 21.2. The van der Waals surface area contributed by atoms with Gasteiger partial charge in [0.05, 0.1) is 17.4 Å². The lowest BCUT2D eigenvalue weighted by Crippen LogP contribution is -2.40. The van der Waals surface area contributed by atoms with Gasteiger partial charge >= 0.3 is 5.69 Å². The molecule has 2 aromatic carbocycles. The summed E-state index contributed by atoms with van der Waals surface area (Å²) in [5, 5.41) is 2.58. The Labute approximate surface area is 154 Å². The monoisotopic (exact) mass is 362 g/mol. The molecule has 0 radical (unpaired) electrons. The van der Waals surface area contributed by atoms with Crippen molar-refractivity contribution >= 4 is 22.2 Å². The number of fused-ring (bicyclic) bond motifs is 1. The molecule has 0 spiro atoms. The molecule has 0 amide bonds. The maximum Gasteiger partial charge on any atom is 0.331 e. The van der Waals surface area contributed by atoms with Crippen LogP contribution in [0.2, 0.25) is 0 Å². The predicted octanol–water partition coefficient (Wildman–Crippen LogP) is 3.52. The Kier molecular flexibility index (Phi) is 4.54. The summed E-state index contributed by atoms with van der Waals surface area (Å²) in [6.45, 7) is 0.831. The molecule has 0 bridgehead atoms. The van der Waals surface area contributed by atoms with Gasteiger partial charge < -0.3 is 0 Å². The molecule has 2 aromatic heterocycles. The topological polar surface area (TPSA) is 44.0 Å². The molecule has 4 nitrogen and oxygen atoms in total. The van der Waals surface area contributed by atoms with Gasteiger partial charge in [-0.25, -0.2) is 4.79 Å². The maximum atomic E-state index is 13.1. The Morgan fingerprint density at radius 1 is 0.808 bits per heavy atom. The van der Waals surface area contributed by atoms with Crippen molar-refractivity contribution in [3.05, 3.63) is 103 Å². The quantitative estimate of drug-likeness (QED) is 0.545. The minimum atomic E-state index is -0.255. The van der Waals surface area contributed by atoms with E-state index in [1.807, 2.05) is 66.0 Å². The van der Waals surface area contributed by atoms with E-state index in [2.05, 4.69) is 0 Å². The molecule has 2 heterocycles. The SMILES string of the molecule is O=c1c2ccccc2n(Cc2ccccc2)c(=O)n1CCc1cccs1. The van der Waals surface area contributed by atoms with Gasteiger partial charge in [0.1, 0.15) is 0 Å². The van der Waals surface area contributed by atoms with Crippen LogP contribution in [0.4, 0.5) is 0 Å². The van der Waals surface area contributed by atoms with Crippen LogP contribution in [0.5, 0.6) is 0 Å². The van der Waals surface area contributed by atoms with E-state index in [0.717, 1.165) is 5.56 Å². The third-order valence-corrected chi connectivity index (χ3v) is 5.41. The second-order valence-corrected chi connectivity index (χ2v) is 7.19. The van der Waals surface area contributed by atoms with Crippen LogP contribution in [0.15, 0.2) is 81.7 Å². The summed E-state index contributed by atoms with van der Waals surface area (Å²) >= 11 is 1.64. The normalized spacial score (nSPS) is 11.1. The molecule has 0 aliphatic carbocycles. The van der Waals surface area contributed by atoms with Crippen molar-refractivity contribution < 1.29 is 0 Å². The van der Waals surface area contributed by atoms with Crippen LogP contribution in [-0.4, -0.2) is 9.13 Å². The van der Waals surface area contributed by atoms with Crippen molar-refractivity contribution in [1.29, 1.82) is 0 Å². The van der Waals surface area contributed by atoms with Gasteiger partial charge in [-0.2, -0.15) is 0 Å². The Balaban J connectivity index is 1.84. The standard InChI is InChI=1S/C21H18N2O2S/c24-20-18-10-4-5-11-19(18)23(15-16-7-2-1-3-8-16)21(25)22(20)13-12-17-9-6-14-26-17/h1-11,14H,12-13,15H2. The molecular weight excluding hydrogens is 344 g/mol. The number of rotatable bonds is 5. The van der Waals surface area contributed by atoms with E-state index in [1.165, 1.54) is 9.44 Å². The van der Waals surface area contributed by atoms with E-state index in [9.17, 15) is 9.59 Å². The largest absolute Gasteiger partial charge is 0.331 e. The van der Waals surface area contributed by atoms with Gasteiger partial charge in [0.2, 0.25) is 0 Å². The molecule has 0 saturated heterocycles. The smallest absolute Gasteiger partial charge is 0.289 e. The number of benzene rings is 2. The van der Waals surface area contributed by atoms with Gasteiger partial charge in [0.25, 0.3) is 5.56 Å². The van der Waals surface area contributed by atoms with Crippen molar-refractivity contribution in [1.82, 2.24) is 9.13 Å². The molecule has 5 heteroatoms. The van der Waals surface area contributed by atoms with E-state index < -0.39 is 0 Å². The average Bonchev–Trinajstić information content (AvgIpc) is 3.19. The molecule has 130 valence electrons. The van der Waals surface area contributed by atoms with Crippen molar-refractivity contribution in [2.24, 2.45) is 0 Å². The van der Waals surface area contributed by atoms with Crippen LogP contribution < -0.4 is 11.2 Å². The first kappa shape index (κ1) is 16.5. The van der Waals surface area contributed by atoms with E-state index in [-0.39, 0.29) is 11.2 Å². The van der Waals surface area contributed by atoms with Gasteiger partial charge in [-0.05, 0) is 35.6 Å². The van der Waals surface area contributed by atoms with Crippen LogP contribution in [0, 0.1) is 0 Å². The summed E-state index contributed by atoms with van der Waals surface area (Å²) < 4.78 is 3.06. The minimum Gasteiger partial charge on any atom is -0.289 e. The van der Waals surface area contributed by atoms with Crippen LogP contribution in [0.3, 0.4) is 0 Å².